The Kier molecular flexibility index (Phi) is 5.98. The predicted molar refractivity (Wildman–Crippen MR) is 87.1 cm³/mol. The van der Waals surface area contributed by atoms with Crippen molar-refractivity contribution < 1.29 is 9.18 Å². The van der Waals surface area contributed by atoms with E-state index in [2.05, 4.69) is 10.6 Å². The molecule has 2 aromatic rings. The molecule has 0 bridgehead atoms. The number of hydrogen-bond donors (Lipinski definition) is 2. The fraction of sp³-hybridized carbons (Fsp3) is 0.118. The number of carbonyl (C=O) groups is 1. The van der Waals surface area contributed by atoms with Gasteiger partial charge < -0.3 is 10.6 Å². The topological polar surface area (TPSA) is 41.1 Å². The Labute approximate surface area is 133 Å². The van der Waals surface area contributed by atoms with Crippen molar-refractivity contribution in [1.82, 2.24) is 10.6 Å². The summed E-state index contributed by atoms with van der Waals surface area (Å²) in [6, 6.07) is 13.4. The molecular formula is C17H16ClFN2O. The Balaban J connectivity index is 1.72. The van der Waals surface area contributed by atoms with Crippen molar-refractivity contribution in [3.05, 3.63) is 76.7 Å². The summed E-state index contributed by atoms with van der Waals surface area (Å²) in [7, 11) is 0. The lowest BCUT2D eigenvalue weighted by molar-refractivity contribution is 0.244. The van der Waals surface area contributed by atoms with Gasteiger partial charge in [0.2, 0.25) is 0 Å². The van der Waals surface area contributed by atoms with Crippen LogP contribution in [0.25, 0.3) is 6.08 Å². The highest BCUT2D eigenvalue weighted by Gasteiger charge is 2.01. The molecule has 5 heteroatoms. The Morgan fingerprint density at radius 3 is 2.59 bits per heavy atom. The first-order valence-corrected chi connectivity index (χ1v) is 7.23. The number of amides is 2. The second-order valence-corrected chi connectivity index (χ2v) is 5.06. The maximum atomic E-state index is 13.4. The van der Waals surface area contributed by atoms with E-state index in [1.54, 1.807) is 42.6 Å². The molecule has 0 heterocycles. The van der Waals surface area contributed by atoms with Gasteiger partial charge in [0.25, 0.3) is 0 Å². The van der Waals surface area contributed by atoms with Crippen molar-refractivity contribution in [2.45, 2.75) is 6.42 Å². The lowest BCUT2D eigenvalue weighted by atomic mass is 10.1. The minimum absolute atomic E-state index is 0.257. The van der Waals surface area contributed by atoms with Crippen LogP contribution in [0.15, 0.2) is 54.7 Å². The van der Waals surface area contributed by atoms with Crippen molar-refractivity contribution in [2.75, 3.05) is 6.54 Å². The van der Waals surface area contributed by atoms with Crippen LogP contribution >= 0.6 is 11.6 Å². The zero-order valence-corrected chi connectivity index (χ0v) is 12.6. The quantitative estimate of drug-likeness (QED) is 0.860. The number of nitrogens with one attached hydrogen (secondary N) is 2. The first kappa shape index (κ1) is 16.0. The van der Waals surface area contributed by atoms with Gasteiger partial charge >= 0.3 is 6.03 Å². The monoisotopic (exact) mass is 318 g/mol. The molecule has 0 aliphatic carbocycles. The van der Waals surface area contributed by atoms with E-state index >= 15 is 0 Å². The lowest BCUT2D eigenvalue weighted by Crippen LogP contribution is -2.33. The molecule has 0 radical (unpaired) electrons. The van der Waals surface area contributed by atoms with E-state index < -0.39 is 0 Å². The highest BCUT2D eigenvalue weighted by Crippen LogP contribution is 2.10. The smallest absolute Gasteiger partial charge is 0.318 e. The van der Waals surface area contributed by atoms with Crippen LogP contribution in [0.5, 0.6) is 0 Å². The molecule has 0 aliphatic rings. The summed E-state index contributed by atoms with van der Waals surface area (Å²) in [5, 5.41) is 5.92. The maximum absolute atomic E-state index is 13.4. The fourth-order valence-electron chi connectivity index (χ4n) is 1.85. The second-order valence-electron chi connectivity index (χ2n) is 4.63. The summed E-state index contributed by atoms with van der Waals surface area (Å²) >= 11 is 5.78. The first-order chi connectivity index (χ1) is 10.6. The molecule has 2 aromatic carbocycles. The summed E-state index contributed by atoms with van der Waals surface area (Å²) in [5.41, 5.74) is 1.51. The van der Waals surface area contributed by atoms with Crippen LogP contribution in [0, 0.1) is 5.82 Å². The van der Waals surface area contributed by atoms with Crippen molar-refractivity contribution >= 4 is 23.7 Å². The van der Waals surface area contributed by atoms with Gasteiger partial charge in [-0.2, -0.15) is 0 Å². The van der Waals surface area contributed by atoms with Crippen molar-refractivity contribution in [2.24, 2.45) is 0 Å². The number of rotatable bonds is 5. The number of benzene rings is 2. The first-order valence-electron chi connectivity index (χ1n) is 6.85. The third-order valence-corrected chi connectivity index (χ3v) is 3.25. The number of urea groups is 1. The molecule has 114 valence electrons. The van der Waals surface area contributed by atoms with E-state index in [0.717, 1.165) is 5.56 Å². The normalized spacial score (nSPS) is 10.6. The molecule has 2 rings (SSSR count). The molecule has 0 saturated heterocycles. The van der Waals surface area contributed by atoms with Gasteiger partial charge in [-0.25, -0.2) is 9.18 Å². The van der Waals surface area contributed by atoms with E-state index in [9.17, 15) is 9.18 Å². The fourth-order valence-corrected chi connectivity index (χ4v) is 1.98. The van der Waals surface area contributed by atoms with Gasteiger partial charge in [0.1, 0.15) is 5.82 Å². The minimum Gasteiger partial charge on any atom is -0.338 e. The van der Waals surface area contributed by atoms with E-state index in [-0.39, 0.29) is 11.8 Å². The van der Waals surface area contributed by atoms with Gasteiger partial charge in [-0.15, -0.1) is 0 Å². The number of carbonyl (C=O) groups excluding carboxylic acids is 1. The SMILES string of the molecule is O=C(N/C=C/c1ccc(Cl)cc1)NCCc1ccccc1F. The van der Waals surface area contributed by atoms with E-state index in [0.29, 0.717) is 23.6 Å². The van der Waals surface area contributed by atoms with Crippen molar-refractivity contribution in [3.8, 4) is 0 Å². The minimum atomic E-state index is -0.332. The van der Waals surface area contributed by atoms with E-state index in [4.69, 9.17) is 11.6 Å². The summed E-state index contributed by atoms with van der Waals surface area (Å²) in [5.74, 6) is -0.257. The number of hydrogen-bond acceptors (Lipinski definition) is 1. The molecule has 3 nitrogen and oxygen atoms in total. The predicted octanol–water partition coefficient (Wildman–Crippen LogP) is 3.99. The van der Waals surface area contributed by atoms with Crippen LogP contribution in [0.1, 0.15) is 11.1 Å². The van der Waals surface area contributed by atoms with Crippen LogP contribution in [0.3, 0.4) is 0 Å². The van der Waals surface area contributed by atoms with Gasteiger partial charge in [-0.1, -0.05) is 41.9 Å². The highest BCUT2D eigenvalue weighted by atomic mass is 35.5. The Bertz CT molecular complexity index is 656. The van der Waals surface area contributed by atoms with Crippen LogP contribution < -0.4 is 10.6 Å². The van der Waals surface area contributed by atoms with Gasteiger partial charge in [0.05, 0.1) is 0 Å². The van der Waals surface area contributed by atoms with Gasteiger partial charge in [0.15, 0.2) is 0 Å². The Morgan fingerprint density at radius 2 is 1.86 bits per heavy atom. The van der Waals surface area contributed by atoms with Gasteiger partial charge in [-0.3, -0.25) is 0 Å². The molecule has 0 fully saturated rings. The molecule has 0 saturated carbocycles. The average Bonchev–Trinajstić information content (AvgIpc) is 2.51. The van der Waals surface area contributed by atoms with E-state index in [1.807, 2.05) is 12.1 Å². The van der Waals surface area contributed by atoms with Gasteiger partial charge in [-0.05, 0) is 41.8 Å². The molecular weight excluding hydrogens is 303 g/mol. The third kappa shape index (κ3) is 5.22. The molecule has 0 unspecified atom stereocenters. The molecule has 2 N–H and O–H groups in total. The molecule has 2 amide bonds. The number of halogens is 2. The summed E-state index contributed by atoms with van der Waals surface area (Å²) in [4.78, 5) is 11.6. The maximum Gasteiger partial charge on any atom is 0.318 e. The van der Waals surface area contributed by atoms with E-state index in [1.165, 1.54) is 6.07 Å². The zero-order valence-electron chi connectivity index (χ0n) is 11.9. The standard InChI is InChI=1S/C17H16ClFN2O/c18-15-7-5-13(6-8-15)9-11-20-17(22)21-12-10-14-3-1-2-4-16(14)19/h1-9,11H,10,12H2,(H2,20,21,22)/b11-9+. The third-order valence-electron chi connectivity index (χ3n) is 3.00. The van der Waals surface area contributed by atoms with Crippen molar-refractivity contribution in [3.63, 3.8) is 0 Å². The zero-order chi connectivity index (χ0) is 15.8. The Morgan fingerprint density at radius 1 is 1.14 bits per heavy atom. The largest absolute Gasteiger partial charge is 0.338 e. The van der Waals surface area contributed by atoms with Crippen LogP contribution in [-0.4, -0.2) is 12.6 Å². The summed E-state index contributed by atoms with van der Waals surface area (Å²) in [6.45, 7) is 0.363. The van der Waals surface area contributed by atoms with Crippen LogP contribution in [-0.2, 0) is 6.42 Å². The molecule has 0 spiro atoms. The molecule has 0 atom stereocenters. The molecule has 0 aliphatic heterocycles. The highest BCUT2D eigenvalue weighted by molar-refractivity contribution is 6.30. The summed E-state index contributed by atoms with van der Waals surface area (Å²) < 4.78 is 13.4. The summed E-state index contributed by atoms with van der Waals surface area (Å²) in [6.07, 6.45) is 3.75. The Hall–Kier alpha value is -2.33. The van der Waals surface area contributed by atoms with Crippen molar-refractivity contribution in [1.29, 1.82) is 0 Å². The average molecular weight is 319 g/mol. The lowest BCUT2D eigenvalue weighted by Gasteiger charge is -2.05. The van der Waals surface area contributed by atoms with Crippen LogP contribution in [0.2, 0.25) is 5.02 Å². The van der Waals surface area contributed by atoms with Crippen LogP contribution in [0.4, 0.5) is 9.18 Å². The van der Waals surface area contributed by atoms with Gasteiger partial charge in [0, 0.05) is 17.8 Å². The molecule has 22 heavy (non-hydrogen) atoms. The molecule has 0 aromatic heterocycles. The second kappa shape index (κ2) is 8.20.